The molecule has 0 saturated carbocycles. The van der Waals surface area contributed by atoms with Crippen molar-refractivity contribution in [2.75, 3.05) is 0 Å². The number of halogens is 2. The number of benzene rings is 2. The zero-order valence-electron chi connectivity index (χ0n) is 12.1. The first kappa shape index (κ1) is 15.8. The predicted octanol–water partition coefficient (Wildman–Crippen LogP) is 0.764. The molecule has 0 bridgehead atoms. The number of hydrogen-bond donors (Lipinski definition) is 2. The third-order valence-electron chi connectivity index (χ3n) is 4.07. The van der Waals surface area contributed by atoms with Gasteiger partial charge >= 0.3 is 5.97 Å². The Morgan fingerprint density at radius 2 is 1.91 bits per heavy atom. The summed E-state index contributed by atoms with van der Waals surface area (Å²) in [6.45, 7) is 0. The normalized spacial score (nSPS) is 11.0. The van der Waals surface area contributed by atoms with Crippen molar-refractivity contribution in [1.29, 1.82) is 0 Å². The van der Waals surface area contributed by atoms with Gasteiger partial charge in [0.1, 0.15) is 18.1 Å². The number of para-hydroxylation sites is 1. The average molecular weight is 392 g/mol. The number of carboxylic acids is 1. The summed E-state index contributed by atoms with van der Waals surface area (Å²) < 4.78 is 3.01. The van der Waals surface area contributed by atoms with Gasteiger partial charge in [-0.1, -0.05) is 28.1 Å². The van der Waals surface area contributed by atoms with Crippen LogP contribution in [-0.2, 0) is 7.05 Å². The van der Waals surface area contributed by atoms with Crippen LogP contribution in [0.4, 0.5) is 0 Å². The topological polar surface area (TPSA) is 57.0 Å². The Labute approximate surface area is 146 Å². The number of hydrogen-bond acceptors (Lipinski definition) is 1. The second kappa shape index (κ2) is 5.51. The van der Waals surface area contributed by atoms with Crippen molar-refractivity contribution < 1.29 is 26.9 Å². The predicted molar refractivity (Wildman–Crippen MR) is 89.1 cm³/mol. The largest absolute Gasteiger partial charge is 1.00 e. The quantitative estimate of drug-likeness (QED) is 0.471. The van der Waals surface area contributed by atoms with Gasteiger partial charge in [-0.05, 0) is 24.3 Å². The third kappa shape index (κ3) is 2.19. The van der Waals surface area contributed by atoms with E-state index in [-0.39, 0.29) is 12.4 Å². The Balaban J connectivity index is 0.00000156. The number of nitrogens with zero attached hydrogens (tertiary/aromatic N) is 1. The van der Waals surface area contributed by atoms with E-state index in [1.54, 1.807) is 0 Å². The fourth-order valence-corrected chi connectivity index (χ4v) is 3.50. The highest BCUT2D eigenvalue weighted by molar-refractivity contribution is 9.10. The molecule has 2 heterocycles. The number of aromatic nitrogens is 2. The fourth-order valence-electron chi connectivity index (χ4n) is 3.13. The van der Waals surface area contributed by atoms with Gasteiger partial charge in [0, 0.05) is 10.5 Å². The van der Waals surface area contributed by atoms with Gasteiger partial charge in [-0.15, -0.1) is 0 Å². The number of carbonyl (C=O) groups is 1. The molecule has 4 aromatic rings. The molecule has 0 radical (unpaired) electrons. The second-order valence-corrected chi connectivity index (χ2v) is 6.21. The van der Waals surface area contributed by atoms with E-state index in [9.17, 15) is 9.90 Å². The monoisotopic (exact) mass is 390 g/mol. The van der Waals surface area contributed by atoms with Gasteiger partial charge in [0.2, 0.25) is 11.0 Å². The maximum atomic E-state index is 11.8. The van der Waals surface area contributed by atoms with Gasteiger partial charge < -0.3 is 22.5 Å². The maximum Gasteiger partial charge on any atom is 0.338 e. The lowest BCUT2D eigenvalue weighted by Gasteiger charge is -2.03. The lowest BCUT2D eigenvalue weighted by atomic mass is 10.1. The van der Waals surface area contributed by atoms with Crippen LogP contribution in [0.2, 0.25) is 0 Å². The van der Waals surface area contributed by atoms with Crippen molar-refractivity contribution in [3.8, 4) is 0 Å². The van der Waals surface area contributed by atoms with E-state index in [4.69, 9.17) is 0 Å². The molecule has 0 spiro atoms. The molecule has 0 aliphatic rings. The number of fused-ring (bicyclic) bond motifs is 4. The Hall–Kier alpha value is -2.11. The van der Waals surface area contributed by atoms with E-state index < -0.39 is 5.97 Å². The van der Waals surface area contributed by atoms with Crippen molar-refractivity contribution in [3.05, 3.63) is 52.5 Å². The van der Waals surface area contributed by atoms with Crippen LogP contribution >= 0.6 is 15.9 Å². The Kier molecular flexibility index (Phi) is 3.78. The molecule has 0 fully saturated rings. The van der Waals surface area contributed by atoms with Gasteiger partial charge in [-0.2, -0.15) is 4.57 Å². The summed E-state index contributed by atoms with van der Waals surface area (Å²) in [4.78, 5) is 15.1. The molecule has 6 heteroatoms. The molecule has 2 N–H and O–H groups in total. The van der Waals surface area contributed by atoms with Gasteiger partial charge in [0.25, 0.3) is 0 Å². The first-order valence-corrected chi connectivity index (χ1v) is 7.62. The lowest BCUT2D eigenvalue weighted by molar-refractivity contribution is -0.616. The van der Waals surface area contributed by atoms with Crippen LogP contribution in [0.5, 0.6) is 0 Å². The van der Waals surface area contributed by atoms with Gasteiger partial charge in [-0.25, -0.2) is 4.79 Å². The summed E-state index contributed by atoms with van der Waals surface area (Å²) in [6.07, 6.45) is 0. The molecule has 0 atom stereocenters. The average Bonchev–Trinajstić information content (AvgIpc) is 2.85. The van der Waals surface area contributed by atoms with Crippen LogP contribution in [0.1, 0.15) is 10.4 Å². The number of carboxylic acid groups (broad SMARTS) is 1. The van der Waals surface area contributed by atoms with Gasteiger partial charge in [-0.3, -0.25) is 0 Å². The van der Waals surface area contributed by atoms with Crippen LogP contribution in [0.25, 0.3) is 32.8 Å². The van der Waals surface area contributed by atoms with Crippen LogP contribution in [-0.4, -0.2) is 16.1 Å². The van der Waals surface area contributed by atoms with E-state index in [2.05, 4.69) is 20.9 Å². The summed E-state index contributed by atoms with van der Waals surface area (Å²) in [7, 11) is 1.96. The van der Waals surface area contributed by atoms with Crippen molar-refractivity contribution >= 4 is 54.7 Å². The molecule has 4 rings (SSSR count). The number of aromatic carboxylic acids is 1. The van der Waals surface area contributed by atoms with Crippen LogP contribution in [0.3, 0.4) is 0 Å². The maximum absolute atomic E-state index is 11.8. The van der Waals surface area contributed by atoms with Crippen molar-refractivity contribution in [2.45, 2.75) is 0 Å². The van der Waals surface area contributed by atoms with E-state index in [1.165, 1.54) is 0 Å². The van der Waals surface area contributed by atoms with E-state index in [0.717, 1.165) is 31.8 Å². The Bertz CT molecular complexity index is 1090. The molecule has 4 nitrogen and oxygen atoms in total. The minimum Gasteiger partial charge on any atom is -1.00 e. The zero-order valence-corrected chi connectivity index (χ0v) is 14.4. The molecule has 0 aliphatic heterocycles. The summed E-state index contributed by atoms with van der Waals surface area (Å²) in [6, 6.07) is 13.5. The van der Waals surface area contributed by atoms with Gasteiger partial charge in [0.05, 0.1) is 16.3 Å². The first-order valence-electron chi connectivity index (χ1n) is 6.83. The van der Waals surface area contributed by atoms with Gasteiger partial charge in [0.15, 0.2) is 0 Å². The number of aryl methyl sites for hydroxylation is 1. The fraction of sp³-hybridized carbons (Fsp3) is 0.0588. The molecule has 0 saturated heterocycles. The zero-order chi connectivity index (χ0) is 15.4. The molecule has 2 aromatic heterocycles. The number of aromatic amines is 1. The molecule has 0 amide bonds. The molecule has 0 aliphatic carbocycles. The highest BCUT2D eigenvalue weighted by atomic mass is 79.9. The minimum absolute atomic E-state index is 0. The second-order valence-electron chi connectivity index (χ2n) is 5.29. The Morgan fingerprint density at radius 3 is 2.65 bits per heavy atom. The van der Waals surface area contributed by atoms with Crippen molar-refractivity contribution in [2.24, 2.45) is 7.05 Å². The standard InChI is InChI=1S/C17H11BrN2O2.ClH/c1-20-13-5-3-2-4-10(13)14(17(21)22)15-16(20)11-8-9(18)6-7-12(11)19-15;/h2-8H,1H3,(H,21,22);1H. The molecule has 2 aromatic carbocycles. The van der Waals surface area contributed by atoms with E-state index >= 15 is 0 Å². The third-order valence-corrected chi connectivity index (χ3v) is 4.56. The lowest BCUT2D eigenvalue weighted by Crippen LogP contribution is -3.00. The SMILES string of the molecule is C[n+]1c2ccccc2c(C(=O)O)c2[nH]c3ccc(Br)cc3c21.[Cl-]. The Morgan fingerprint density at radius 1 is 1.17 bits per heavy atom. The summed E-state index contributed by atoms with van der Waals surface area (Å²) in [5.41, 5.74) is 3.69. The summed E-state index contributed by atoms with van der Waals surface area (Å²) in [5, 5.41) is 11.4. The highest BCUT2D eigenvalue weighted by Gasteiger charge is 2.25. The summed E-state index contributed by atoms with van der Waals surface area (Å²) >= 11 is 3.49. The molecule has 23 heavy (non-hydrogen) atoms. The van der Waals surface area contributed by atoms with E-state index in [1.807, 2.05) is 54.1 Å². The number of pyridine rings is 1. The molecule has 0 unspecified atom stereocenters. The van der Waals surface area contributed by atoms with Crippen molar-refractivity contribution in [3.63, 3.8) is 0 Å². The molecule has 116 valence electrons. The molecular formula is C17H12BrClN2O2. The van der Waals surface area contributed by atoms with Crippen LogP contribution in [0, 0.1) is 0 Å². The van der Waals surface area contributed by atoms with Crippen LogP contribution in [0.15, 0.2) is 46.9 Å². The summed E-state index contributed by atoms with van der Waals surface area (Å²) in [5.74, 6) is -0.924. The first-order chi connectivity index (χ1) is 10.6. The smallest absolute Gasteiger partial charge is 0.338 e. The van der Waals surface area contributed by atoms with Crippen molar-refractivity contribution in [1.82, 2.24) is 4.98 Å². The highest BCUT2D eigenvalue weighted by Crippen LogP contribution is 2.31. The van der Waals surface area contributed by atoms with Crippen LogP contribution < -0.4 is 17.0 Å². The number of rotatable bonds is 1. The minimum atomic E-state index is -0.924. The van der Waals surface area contributed by atoms with E-state index in [0.29, 0.717) is 11.1 Å². The molecular weight excluding hydrogens is 380 g/mol. The number of nitrogens with one attached hydrogen (secondary N) is 1. The number of H-pyrrole nitrogens is 1.